The van der Waals surface area contributed by atoms with Crippen molar-refractivity contribution >= 4 is 24.2 Å². The topological polar surface area (TPSA) is 83.8 Å². The van der Waals surface area contributed by atoms with Crippen molar-refractivity contribution < 1.29 is 19.0 Å². The molecule has 0 aliphatic carbocycles. The summed E-state index contributed by atoms with van der Waals surface area (Å²) in [5.41, 5.74) is 1.43. The number of thiol groups is 1. The molecule has 1 aliphatic rings. The van der Waals surface area contributed by atoms with E-state index in [4.69, 9.17) is 14.2 Å². The summed E-state index contributed by atoms with van der Waals surface area (Å²) < 4.78 is 16.2. The van der Waals surface area contributed by atoms with Crippen LogP contribution in [0.3, 0.4) is 0 Å². The average Bonchev–Trinajstić information content (AvgIpc) is 2.74. The molecule has 0 saturated carbocycles. The summed E-state index contributed by atoms with van der Waals surface area (Å²) >= 11 is 4.50. The van der Waals surface area contributed by atoms with Crippen LogP contribution in [-0.2, 0) is 4.79 Å². The Morgan fingerprint density at radius 1 is 1.14 bits per heavy atom. The van der Waals surface area contributed by atoms with Gasteiger partial charge < -0.3 is 24.4 Å². The molecule has 2 aromatic carbocycles. The van der Waals surface area contributed by atoms with Crippen molar-refractivity contribution in [1.29, 1.82) is 5.26 Å². The van der Waals surface area contributed by atoms with Gasteiger partial charge in [-0.15, -0.1) is 12.6 Å². The van der Waals surface area contributed by atoms with Crippen LogP contribution in [0.4, 0.5) is 5.69 Å². The molecule has 1 N–H and O–H groups in total. The van der Waals surface area contributed by atoms with Crippen LogP contribution in [0.2, 0.25) is 0 Å². The van der Waals surface area contributed by atoms with Crippen LogP contribution in [0.5, 0.6) is 17.2 Å². The molecule has 0 fully saturated rings. The number of ether oxygens (including phenoxy) is 3. The molecule has 8 heteroatoms. The van der Waals surface area contributed by atoms with Gasteiger partial charge in [0.1, 0.15) is 23.6 Å². The average molecular weight is 411 g/mol. The highest BCUT2D eigenvalue weighted by molar-refractivity contribution is 7.84. The van der Waals surface area contributed by atoms with Crippen molar-refractivity contribution in [2.24, 2.45) is 0 Å². The van der Waals surface area contributed by atoms with Crippen molar-refractivity contribution in [2.45, 2.75) is 13.1 Å². The monoisotopic (exact) mass is 411 g/mol. The molecular weight excluding hydrogens is 390 g/mol. The summed E-state index contributed by atoms with van der Waals surface area (Å²) in [6.07, 6.45) is -0.593. The van der Waals surface area contributed by atoms with Crippen molar-refractivity contribution in [3.63, 3.8) is 0 Å². The zero-order chi connectivity index (χ0) is 21.0. The molecule has 1 aliphatic heterocycles. The van der Waals surface area contributed by atoms with Gasteiger partial charge in [-0.25, -0.2) is 0 Å². The zero-order valence-electron chi connectivity index (χ0n) is 16.3. The molecule has 3 rings (SSSR count). The highest BCUT2D eigenvalue weighted by Crippen LogP contribution is 2.38. The van der Waals surface area contributed by atoms with E-state index in [1.165, 1.54) is 0 Å². The van der Waals surface area contributed by atoms with Gasteiger partial charge in [-0.05, 0) is 48.9 Å². The standard InChI is InChI=1S/C21H21N3O4S/c1-4-28-17-10-5-13(11-18(17)27-3)19-23-20(25)16(12-22)21(29)24(19)14-6-8-15(26-2)9-7-14/h5-11,19,29H,4H2,1-3H3,(H,23,25). The van der Waals surface area contributed by atoms with Gasteiger partial charge in [0, 0.05) is 5.69 Å². The second kappa shape index (κ2) is 8.80. The van der Waals surface area contributed by atoms with E-state index in [0.717, 1.165) is 11.3 Å². The summed E-state index contributed by atoms with van der Waals surface area (Å²) in [5, 5.41) is 12.5. The number of benzene rings is 2. The first-order chi connectivity index (χ1) is 14.0. The Balaban J connectivity index is 2.11. The van der Waals surface area contributed by atoms with Crippen LogP contribution in [-0.4, -0.2) is 26.7 Å². The van der Waals surface area contributed by atoms with Gasteiger partial charge in [-0.2, -0.15) is 5.26 Å². The number of hydrogen-bond acceptors (Lipinski definition) is 7. The minimum absolute atomic E-state index is 0.0571. The third kappa shape index (κ3) is 3.96. The predicted molar refractivity (Wildman–Crippen MR) is 112 cm³/mol. The lowest BCUT2D eigenvalue weighted by atomic mass is 10.1. The SMILES string of the molecule is CCOc1ccc(C2NC(=O)C(C#N)=C(S)N2c2ccc(OC)cc2)cc1OC. The van der Waals surface area contributed by atoms with E-state index in [1.54, 1.807) is 43.4 Å². The lowest BCUT2D eigenvalue weighted by Crippen LogP contribution is -2.46. The minimum Gasteiger partial charge on any atom is -0.497 e. The van der Waals surface area contributed by atoms with E-state index >= 15 is 0 Å². The second-order valence-corrected chi connectivity index (χ2v) is 6.52. The van der Waals surface area contributed by atoms with Gasteiger partial charge in [0.05, 0.1) is 25.9 Å². The summed E-state index contributed by atoms with van der Waals surface area (Å²) in [6.45, 7) is 2.39. The number of carbonyl (C=O) groups is 1. The van der Waals surface area contributed by atoms with Gasteiger partial charge in [0.2, 0.25) is 0 Å². The first kappa shape index (κ1) is 20.4. The Labute approximate surface area is 174 Å². The maximum absolute atomic E-state index is 12.5. The van der Waals surface area contributed by atoms with Crippen LogP contribution in [0.15, 0.2) is 53.1 Å². The molecule has 0 aromatic heterocycles. The lowest BCUT2D eigenvalue weighted by Gasteiger charge is -2.38. The molecular formula is C21H21N3O4S. The molecule has 0 spiro atoms. The fraction of sp³-hybridized carbons (Fsp3) is 0.238. The van der Waals surface area contributed by atoms with E-state index in [1.807, 2.05) is 31.2 Å². The summed E-state index contributed by atoms with van der Waals surface area (Å²) in [6, 6.07) is 14.6. The van der Waals surface area contributed by atoms with E-state index in [-0.39, 0.29) is 10.6 Å². The molecule has 0 radical (unpaired) electrons. The summed E-state index contributed by atoms with van der Waals surface area (Å²) in [4.78, 5) is 14.3. The van der Waals surface area contributed by atoms with Gasteiger partial charge in [-0.3, -0.25) is 4.79 Å². The maximum Gasteiger partial charge on any atom is 0.266 e. The number of nitrogens with one attached hydrogen (secondary N) is 1. The third-order valence-electron chi connectivity index (χ3n) is 4.47. The first-order valence-electron chi connectivity index (χ1n) is 8.92. The number of rotatable bonds is 6. The van der Waals surface area contributed by atoms with E-state index in [9.17, 15) is 10.1 Å². The Morgan fingerprint density at radius 2 is 1.86 bits per heavy atom. The predicted octanol–water partition coefficient (Wildman–Crippen LogP) is 3.40. The quantitative estimate of drug-likeness (QED) is 0.709. The number of methoxy groups -OCH3 is 2. The Kier molecular flexibility index (Phi) is 6.20. The Morgan fingerprint density at radius 3 is 2.45 bits per heavy atom. The molecule has 1 atom stereocenters. The van der Waals surface area contributed by atoms with Crippen molar-refractivity contribution in [3.05, 3.63) is 58.6 Å². The highest BCUT2D eigenvalue weighted by atomic mass is 32.1. The van der Waals surface area contributed by atoms with E-state index in [2.05, 4.69) is 17.9 Å². The van der Waals surface area contributed by atoms with Crippen LogP contribution < -0.4 is 24.4 Å². The molecule has 7 nitrogen and oxygen atoms in total. The van der Waals surface area contributed by atoms with Gasteiger partial charge >= 0.3 is 0 Å². The van der Waals surface area contributed by atoms with Crippen LogP contribution in [0, 0.1) is 11.3 Å². The maximum atomic E-state index is 12.5. The Hall–Kier alpha value is -3.31. The number of carbonyl (C=O) groups excluding carboxylic acids is 1. The fourth-order valence-corrected chi connectivity index (χ4v) is 3.46. The third-order valence-corrected chi connectivity index (χ3v) is 4.91. The van der Waals surface area contributed by atoms with Gasteiger partial charge in [-0.1, -0.05) is 6.07 Å². The molecule has 29 heavy (non-hydrogen) atoms. The molecule has 2 aromatic rings. The fourth-order valence-electron chi connectivity index (χ4n) is 3.08. The molecule has 150 valence electrons. The normalized spacial score (nSPS) is 16.2. The summed E-state index contributed by atoms with van der Waals surface area (Å²) in [7, 11) is 3.14. The first-order valence-corrected chi connectivity index (χ1v) is 9.37. The number of nitriles is 1. The van der Waals surface area contributed by atoms with Gasteiger partial charge in [0.25, 0.3) is 5.91 Å². The van der Waals surface area contributed by atoms with E-state index in [0.29, 0.717) is 23.9 Å². The van der Waals surface area contributed by atoms with Crippen molar-refractivity contribution in [3.8, 4) is 23.3 Å². The van der Waals surface area contributed by atoms with Crippen LogP contribution >= 0.6 is 12.6 Å². The smallest absolute Gasteiger partial charge is 0.266 e. The number of nitrogens with zero attached hydrogens (tertiary/aromatic N) is 2. The second-order valence-electron chi connectivity index (χ2n) is 6.10. The van der Waals surface area contributed by atoms with Crippen molar-refractivity contribution in [1.82, 2.24) is 5.32 Å². The number of anilines is 1. The molecule has 1 unspecified atom stereocenters. The van der Waals surface area contributed by atoms with Crippen LogP contribution in [0.1, 0.15) is 18.7 Å². The molecule has 0 saturated heterocycles. The Bertz CT molecular complexity index is 982. The highest BCUT2D eigenvalue weighted by Gasteiger charge is 2.34. The van der Waals surface area contributed by atoms with Gasteiger partial charge in [0.15, 0.2) is 11.5 Å². The number of amides is 1. The lowest BCUT2D eigenvalue weighted by molar-refractivity contribution is -0.118. The summed E-state index contributed by atoms with van der Waals surface area (Å²) in [5.74, 6) is 1.36. The zero-order valence-corrected chi connectivity index (χ0v) is 17.2. The minimum atomic E-state index is -0.593. The largest absolute Gasteiger partial charge is 0.497 e. The molecule has 1 amide bonds. The molecule has 0 bridgehead atoms. The molecule has 1 heterocycles. The number of hydrogen-bond donors (Lipinski definition) is 2. The van der Waals surface area contributed by atoms with Crippen LogP contribution in [0.25, 0.3) is 0 Å². The van der Waals surface area contributed by atoms with E-state index < -0.39 is 12.1 Å². The van der Waals surface area contributed by atoms with Crippen molar-refractivity contribution in [2.75, 3.05) is 25.7 Å².